The molecule has 1 heterocycles. The third-order valence-electron chi connectivity index (χ3n) is 1.71. The molecule has 1 rings (SSSR count). The van der Waals surface area contributed by atoms with Crippen LogP contribution in [0.3, 0.4) is 0 Å². The van der Waals surface area contributed by atoms with Gasteiger partial charge in [0.15, 0.2) is 0 Å². The van der Waals surface area contributed by atoms with Gasteiger partial charge in [-0.1, -0.05) is 20.1 Å². The van der Waals surface area contributed by atoms with Crippen LogP contribution in [0.1, 0.15) is 20.8 Å². The van der Waals surface area contributed by atoms with Crippen LogP contribution in [0, 0.1) is 11.8 Å². The minimum atomic E-state index is 0. The minimum absolute atomic E-state index is 0. The summed E-state index contributed by atoms with van der Waals surface area (Å²) in [7, 11) is 0. The Bertz CT molecular complexity index is 214. The van der Waals surface area contributed by atoms with Crippen molar-refractivity contribution in [2.24, 2.45) is 10.9 Å². The zero-order valence-electron chi connectivity index (χ0n) is 7.59. The number of rotatable bonds is 1. The molecule has 12 heavy (non-hydrogen) atoms. The van der Waals surface area contributed by atoms with Crippen molar-refractivity contribution in [1.82, 2.24) is 0 Å². The van der Waals surface area contributed by atoms with E-state index in [4.69, 9.17) is 0 Å². The van der Waals surface area contributed by atoms with Gasteiger partial charge < -0.3 is 0 Å². The smallest absolute Gasteiger partial charge is 0.0106 e. The summed E-state index contributed by atoms with van der Waals surface area (Å²) in [5.41, 5.74) is 1.29. The Morgan fingerprint density at radius 3 is 2.67 bits per heavy atom. The largest absolute Gasteiger partial charge is 0.285 e. The molecule has 2 heteroatoms. The predicted octanol–water partition coefficient (Wildman–Crippen LogP) is 2.76. The maximum atomic E-state index is 4.17. The standard InChI is InChI=1S/C10H14N.Lr/c1-8(2)10-5-4-9(3)6-11-7-10;/h4-8H,1-3H3;/q-1;. The Hall–Kier alpha value is -1.98. The molecule has 1 nitrogen and oxygen atoms in total. The number of hydrogen-bond donors (Lipinski definition) is 0. The van der Waals surface area contributed by atoms with Gasteiger partial charge >= 0.3 is 0 Å². The second-order valence-corrected chi connectivity index (χ2v) is 3.14. The molecule has 0 saturated carbocycles. The summed E-state index contributed by atoms with van der Waals surface area (Å²) >= 11 is 0. The zero-order chi connectivity index (χ0) is 8.27. The third-order valence-corrected chi connectivity index (χ3v) is 1.71. The van der Waals surface area contributed by atoms with Crippen LogP contribution >= 0.6 is 0 Å². The molecular weight excluding hydrogens is 396 g/mol. The first kappa shape index (κ1) is 10.0. The van der Waals surface area contributed by atoms with Crippen LogP contribution in [0.15, 0.2) is 28.9 Å². The van der Waals surface area contributed by atoms with Crippen molar-refractivity contribution in [3.05, 3.63) is 29.8 Å². The Balaban J connectivity index is 0.00000121. The van der Waals surface area contributed by atoms with Crippen molar-refractivity contribution in [3.8, 4) is 0 Å². The molecule has 1 radical (unpaired) electrons. The fraction of sp³-hybridized carbons (Fsp3) is 0.400. The van der Waals surface area contributed by atoms with Crippen molar-refractivity contribution in [2.75, 3.05) is 0 Å². The molecule has 0 aliphatic carbocycles. The summed E-state index contributed by atoms with van der Waals surface area (Å²) in [5, 5.41) is 0. The number of nitrogens with zero attached hydrogens (tertiary/aromatic N) is 1. The molecule has 0 N–H and O–H groups in total. The van der Waals surface area contributed by atoms with Gasteiger partial charge in [-0.2, -0.15) is 5.92 Å². The Morgan fingerprint density at radius 1 is 1.42 bits per heavy atom. The summed E-state index contributed by atoms with van der Waals surface area (Å²) < 4.78 is 0. The van der Waals surface area contributed by atoms with Crippen molar-refractivity contribution in [2.45, 2.75) is 20.8 Å². The maximum absolute atomic E-state index is 4.17. The Kier molecular flexibility index (Phi) is 3.35. The molecular formula is C10H14LrN-. The average molecular weight is 410 g/mol. The van der Waals surface area contributed by atoms with E-state index >= 15 is 0 Å². The molecule has 0 aromatic heterocycles. The van der Waals surface area contributed by atoms with Gasteiger partial charge in [0, 0.05) is 6.20 Å². The van der Waals surface area contributed by atoms with E-state index in [1.807, 2.05) is 12.4 Å². The maximum Gasteiger partial charge on any atom is 0.0106 e. The molecule has 0 bridgehead atoms. The quantitative estimate of drug-likeness (QED) is 0.590. The van der Waals surface area contributed by atoms with Gasteiger partial charge in [-0.25, -0.2) is 12.2 Å². The van der Waals surface area contributed by atoms with Gasteiger partial charge in [0.25, 0.3) is 0 Å². The van der Waals surface area contributed by atoms with Crippen molar-refractivity contribution in [3.63, 3.8) is 0 Å². The van der Waals surface area contributed by atoms with E-state index in [1.54, 1.807) is 0 Å². The van der Waals surface area contributed by atoms with Gasteiger partial charge in [-0.15, -0.1) is 12.5 Å². The summed E-state index contributed by atoms with van der Waals surface area (Å²) in [6.45, 7) is 6.40. The van der Waals surface area contributed by atoms with Crippen LogP contribution in [-0.4, -0.2) is 6.21 Å². The first-order chi connectivity index (χ1) is 5.20. The van der Waals surface area contributed by atoms with Gasteiger partial charge in [0.2, 0.25) is 0 Å². The monoisotopic (exact) mass is 410 g/mol. The van der Waals surface area contributed by atoms with Gasteiger partial charge in [0.1, 0.15) is 0 Å². The second-order valence-electron chi connectivity index (χ2n) is 3.14. The molecule has 75 valence electrons. The topological polar surface area (TPSA) is 12.4 Å². The van der Waals surface area contributed by atoms with E-state index in [1.165, 1.54) is 11.5 Å². The Labute approximate surface area is 68.5 Å². The van der Waals surface area contributed by atoms with E-state index in [0.717, 1.165) is 0 Å². The van der Waals surface area contributed by atoms with Crippen LogP contribution in [0.2, 0.25) is 0 Å². The summed E-state index contributed by atoms with van der Waals surface area (Å²) in [6.07, 6.45) is 8.04. The van der Waals surface area contributed by atoms with Crippen LogP contribution in [0.4, 0.5) is 0 Å². The molecule has 0 aromatic rings. The second kappa shape index (κ2) is 4.02. The molecule has 1 aliphatic heterocycles. The summed E-state index contributed by atoms with van der Waals surface area (Å²) in [6, 6.07) is 0. The van der Waals surface area contributed by atoms with Crippen LogP contribution in [-0.2, 0) is 0 Å². The molecule has 1 aliphatic rings. The summed E-state index contributed by atoms with van der Waals surface area (Å²) in [4.78, 5) is 4.17. The van der Waals surface area contributed by atoms with E-state index in [0.29, 0.717) is 5.92 Å². The predicted molar refractivity (Wildman–Crippen MR) is 49.5 cm³/mol. The third kappa shape index (κ3) is 2.33. The van der Waals surface area contributed by atoms with Gasteiger partial charge in [-0.3, -0.25) is 4.99 Å². The molecule has 0 atom stereocenters. The first-order valence-corrected chi connectivity index (χ1v) is 3.95. The zero-order valence-corrected chi connectivity index (χ0v) is 9.74. The average Bonchev–Trinajstić information content (AvgIpc) is 2.13. The first-order valence-electron chi connectivity index (χ1n) is 3.95. The van der Waals surface area contributed by atoms with Crippen molar-refractivity contribution in [1.29, 1.82) is 0 Å². The normalized spacial score (nSPS) is 15.7. The molecule has 0 saturated heterocycles. The molecule has 0 fully saturated rings. The number of aliphatic imine (C=N–C) groups is 1. The molecule has 0 amide bonds. The SMILES string of the molecule is C[C-]1C=CC(C(C)C)=CN=C1.[Lr]. The van der Waals surface area contributed by atoms with Gasteiger partial charge in [0.05, 0.1) is 0 Å². The Morgan fingerprint density at radius 2 is 2.08 bits per heavy atom. The number of allylic oxidation sites excluding steroid dienone is 3. The van der Waals surface area contributed by atoms with E-state index in [-0.39, 0.29) is 0 Å². The molecule has 0 unspecified atom stereocenters. The van der Waals surface area contributed by atoms with Crippen LogP contribution in [0.25, 0.3) is 0 Å². The number of hydrogen-bond acceptors (Lipinski definition) is 1. The molecule has 0 aromatic carbocycles. The minimum Gasteiger partial charge on any atom is -0.285 e. The fourth-order valence-electron chi connectivity index (χ4n) is 0.896. The van der Waals surface area contributed by atoms with Crippen molar-refractivity contribution < 1.29 is 0 Å². The van der Waals surface area contributed by atoms with Crippen molar-refractivity contribution >= 4 is 6.21 Å². The molecule has 0 spiro atoms. The van der Waals surface area contributed by atoms with Crippen LogP contribution < -0.4 is 0 Å². The summed E-state index contributed by atoms with van der Waals surface area (Å²) in [5.74, 6) is 1.77. The fourth-order valence-corrected chi connectivity index (χ4v) is 0.896. The van der Waals surface area contributed by atoms with E-state index < -0.39 is 0 Å². The van der Waals surface area contributed by atoms with Gasteiger partial charge in [-0.05, 0) is 5.92 Å². The van der Waals surface area contributed by atoms with E-state index in [2.05, 4.69) is 37.9 Å². The van der Waals surface area contributed by atoms with E-state index in [9.17, 15) is 0 Å². The van der Waals surface area contributed by atoms with Crippen LogP contribution in [0.5, 0.6) is 0 Å².